The molecule has 0 aromatic carbocycles. The van der Waals surface area contributed by atoms with Gasteiger partial charge in [-0.15, -0.1) is 0 Å². The Morgan fingerprint density at radius 1 is 1.29 bits per heavy atom. The van der Waals surface area contributed by atoms with Crippen molar-refractivity contribution in [2.45, 2.75) is 69.5 Å². The molecule has 1 saturated carbocycles. The van der Waals surface area contributed by atoms with Crippen molar-refractivity contribution < 1.29 is 28.5 Å². The molecule has 0 radical (unpaired) electrons. The third-order valence-corrected chi connectivity index (χ3v) is 6.76. The topological polar surface area (TPSA) is 73.1 Å². The predicted octanol–water partition coefficient (Wildman–Crippen LogP) is 2.53. The quantitative estimate of drug-likeness (QED) is 0.526. The van der Waals surface area contributed by atoms with Crippen LogP contribution >= 0.6 is 0 Å². The van der Waals surface area contributed by atoms with Crippen molar-refractivity contribution in [2.75, 3.05) is 40.0 Å². The Bertz CT molecular complexity index is 622. The molecule has 28 heavy (non-hydrogen) atoms. The first-order chi connectivity index (χ1) is 13.4. The van der Waals surface area contributed by atoms with Crippen LogP contribution in [0.3, 0.4) is 0 Å². The maximum atomic E-state index is 12.6. The normalized spacial score (nSPS) is 42.2. The fraction of sp³-hybridized carbons (Fsp3) is 0.857. The second kappa shape index (κ2) is 7.59. The Morgan fingerprint density at radius 3 is 2.61 bits per heavy atom. The zero-order valence-corrected chi connectivity index (χ0v) is 17.4. The van der Waals surface area contributed by atoms with Gasteiger partial charge < -0.3 is 28.6 Å². The third-order valence-electron chi connectivity index (χ3n) is 6.76. The number of carbonyl (C=O) groups excluding carboxylic acids is 1. The lowest BCUT2D eigenvalue weighted by Gasteiger charge is -2.43. The molecule has 0 unspecified atom stereocenters. The molecule has 4 fully saturated rings. The Labute approximate surface area is 167 Å². The fourth-order valence-electron chi connectivity index (χ4n) is 5.02. The molecule has 1 aliphatic carbocycles. The first-order valence-electron chi connectivity index (χ1n) is 10.4. The molecule has 7 heteroatoms. The van der Waals surface area contributed by atoms with E-state index in [4.69, 9.17) is 23.7 Å². The molecule has 3 heterocycles. The SMILES string of the molecule is CO[C@@H]1[C@H](OC(=O)N2CCOCC2)CC[C@]2(CO2)[C@H]1[C@@]1(C)O[C@@H]1CC=C(C)C. The van der Waals surface area contributed by atoms with Gasteiger partial charge in [-0.1, -0.05) is 11.6 Å². The summed E-state index contributed by atoms with van der Waals surface area (Å²) in [7, 11) is 1.70. The van der Waals surface area contributed by atoms with Gasteiger partial charge in [-0.05, 0) is 40.0 Å². The first kappa shape index (κ1) is 20.1. The molecular formula is C21H33NO6. The van der Waals surface area contributed by atoms with Crippen LogP contribution in [0.5, 0.6) is 0 Å². The van der Waals surface area contributed by atoms with Gasteiger partial charge in [0.05, 0.1) is 31.8 Å². The van der Waals surface area contributed by atoms with E-state index in [1.54, 1.807) is 12.0 Å². The monoisotopic (exact) mass is 395 g/mol. The van der Waals surface area contributed by atoms with Gasteiger partial charge in [-0.25, -0.2) is 4.79 Å². The second-order valence-electron chi connectivity index (χ2n) is 8.90. The lowest BCUT2D eigenvalue weighted by atomic mass is 9.68. The van der Waals surface area contributed by atoms with E-state index in [0.717, 1.165) is 25.9 Å². The van der Waals surface area contributed by atoms with Gasteiger partial charge >= 0.3 is 6.09 Å². The number of epoxide rings is 2. The molecule has 0 bridgehead atoms. The number of hydrogen-bond donors (Lipinski definition) is 0. The van der Waals surface area contributed by atoms with E-state index >= 15 is 0 Å². The fourth-order valence-corrected chi connectivity index (χ4v) is 5.02. The molecule has 4 rings (SSSR count). The van der Waals surface area contributed by atoms with Gasteiger partial charge in [0.1, 0.15) is 23.4 Å². The van der Waals surface area contributed by atoms with Crippen LogP contribution in [0.4, 0.5) is 4.79 Å². The molecule has 7 nitrogen and oxygen atoms in total. The highest BCUT2D eigenvalue weighted by Crippen LogP contribution is 2.59. The average molecular weight is 395 g/mol. The molecule has 4 aliphatic rings. The van der Waals surface area contributed by atoms with Crippen LogP contribution in [-0.4, -0.2) is 80.5 Å². The van der Waals surface area contributed by atoms with Crippen molar-refractivity contribution in [2.24, 2.45) is 5.92 Å². The summed E-state index contributed by atoms with van der Waals surface area (Å²) in [6.45, 7) is 9.36. The number of hydrogen-bond acceptors (Lipinski definition) is 6. The van der Waals surface area contributed by atoms with E-state index in [0.29, 0.717) is 26.3 Å². The number of amides is 1. The largest absolute Gasteiger partial charge is 0.443 e. The Kier molecular flexibility index (Phi) is 5.46. The van der Waals surface area contributed by atoms with E-state index in [2.05, 4.69) is 26.8 Å². The highest BCUT2D eigenvalue weighted by Gasteiger charge is 2.72. The highest BCUT2D eigenvalue weighted by molar-refractivity contribution is 5.68. The van der Waals surface area contributed by atoms with Crippen LogP contribution in [0.2, 0.25) is 0 Å². The Balaban J connectivity index is 1.47. The van der Waals surface area contributed by atoms with Gasteiger partial charge in [0, 0.05) is 20.2 Å². The van der Waals surface area contributed by atoms with Crippen LogP contribution in [-0.2, 0) is 23.7 Å². The van der Waals surface area contributed by atoms with Gasteiger partial charge in [0.2, 0.25) is 0 Å². The predicted molar refractivity (Wildman–Crippen MR) is 102 cm³/mol. The third kappa shape index (κ3) is 3.70. The number of ether oxygens (including phenoxy) is 5. The first-order valence-corrected chi connectivity index (χ1v) is 10.4. The molecule has 1 spiro atoms. The van der Waals surface area contributed by atoms with Crippen LogP contribution < -0.4 is 0 Å². The summed E-state index contributed by atoms with van der Waals surface area (Å²) in [6.07, 6.45) is 4.08. The van der Waals surface area contributed by atoms with Gasteiger partial charge in [-0.2, -0.15) is 0 Å². The number of methoxy groups -OCH3 is 1. The summed E-state index contributed by atoms with van der Waals surface area (Å²) in [4.78, 5) is 14.4. The van der Waals surface area contributed by atoms with Crippen LogP contribution in [0.1, 0.15) is 40.0 Å². The van der Waals surface area contributed by atoms with Crippen molar-refractivity contribution in [3.8, 4) is 0 Å². The van der Waals surface area contributed by atoms with E-state index in [1.165, 1.54) is 5.57 Å². The summed E-state index contributed by atoms with van der Waals surface area (Å²) in [5, 5.41) is 0. The summed E-state index contributed by atoms with van der Waals surface area (Å²) >= 11 is 0. The summed E-state index contributed by atoms with van der Waals surface area (Å²) in [5.41, 5.74) is 0.781. The highest BCUT2D eigenvalue weighted by atomic mass is 16.6. The van der Waals surface area contributed by atoms with Crippen molar-refractivity contribution in [1.82, 2.24) is 4.90 Å². The van der Waals surface area contributed by atoms with E-state index in [9.17, 15) is 4.79 Å². The molecular weight excluding hydrogens is 362 g/mol. The van der Waals surface area contributed by atoms with Crippen molar-refractivity contribution >= 4 is 6.09 Å². The summed E-state index contributed by atoms with van der Waals surface area (Å²) in [5.74, 6) is 0.0526. The minimum Gasteiger partial charge on any atom is -0.443 e. The van der Waals surface area contributed by atoms with Crippen LogP contribution in [0.15, 0.2) is 11.6 Å². The van der Waals surface area contributed by atoms with E-state index < -0.39 is 0 Å². The van der Waals surface area contributed by atoms with E-state index in [-0.39, 0.29) is 41.5 Å². The zero-order valence-electron chi connectivity index (χ0n) is 17.4. The van der Waals surface area contributed by atoms with Gasteiger partial charge in [-0.3, -0.25) is 0 Å². The number of morpholine rings is 1. The molecule has 3 saturated heterocycles. The second-order valence-corrected chi connectivity index (χ2v) is 8.90. The van der Waals surface area contributed by atoms with Crippen molar-refractivity contribution in [1.29, 1.82) is 0 Å². The van der Waals surface area contributed by atoms with Crippen LogP contribution in [0, 0.1) is 5.92 Å². The molecule has 158 valence electrons. The van der Waals surface area contributed by atoms with Gasteiger partial charge in [0.15, 0.2) is 0 Å². The minimum atomic E-state index is -0.312. The lowest BCUT2D eigenvalue weighted by Crippen LogP contribution is -2.56. The number of rotatable bonds is 5. The standard InChI is InChI=1S/C21H33NO6/c1-14(2)5-6-16-20(3,28-16)18-17(24-4)15(7-8-21(18)13-26-21)27-19(23)22-9-11-25-12-10-22/h5,15-18H,6-13H2,1-4H3/t15-,16-,17-,18-,20+,21+/m1/s1. The molecule has 3 aliphatic heterocycles. The average Bonchev–Trinajstić information content (AvgIpc) is 3.60. The maximum absolute atomic E-state index is 12.6. The zero-order chi connectivity index (χ0) is 19.9. The number of carbonyl (C=O) groups is 1. The molecule has 0 N–H and O–H groups in total. The smallest absolute Gasteiger partial charge is 0.410 e. The van der Waals surface area contributed by atoms with Crippen molar-refractivity contribution in [3.63, 3.8) is 0 Å². The van der Waals surface area contributed by atoms with Crippen molar-refractivity contribution in [3.05, 3.63) is 11.6 Å². The van der Waals surface area contributed by atoms with E-state index in [1.807, 2.05) is 0 Å². The summed E-state index contributed by atoms with van der Waals surface area (Å²) < 4.78 is 29.3. The molecule has 0 aromatic rings. The maximum Gasteiger partial charge on any atom is 0.410 e. The minimum absolute atomic E-state index is 0.0526. The molecule has 6 atom stereocenters. The number of allylic oxidation sites excluding steroid dienone is 1. The number of nitrogens with zero attached hydrogens (tertiary/aromatic N) is 1. The Hall–Kier alpha value is -1.15. The Morgan fingerprint density at radius 2 is 2.00 bits per heavy atom. The molecule has 0 aromatic heterocycles. The van der Waals surface area contributed by atoms with Crippen LogP contribution in [0.25, 0.3) is 0 Å². The van der Waals surface area contributed by atoms with Gasteiger partial charge in [0.25, 0.3) is 0 Å². The molecule has 1 amide bonds. The summed E-state index contributed by atoms with van der Waals surface area (Å²) in [6, 6.07) is 0. The lowest BCUT2D eigenvalue weighted by molar-refractivity contribution is -0.123.